The fourth-order valence-electron chi connectivity index (χ4n) is 3.16. The topological polar surface area (TPSA) is 38.7 Å². The quantitative estimate of drug-likeness (QED) is 0.613. The Hall–Kier alpha value is -2.29. The first-order valence-corrected chi connectivity index (χ1v) is 9.27. The van der Waals surface area contributed by atoms with Crippen molar-refractivity contribution in [1.29, 1.82) is 0 Å². The molecule has 0 radical (unpaired) electrons. The Bertz CT molecular complexity index is 944. The molecule has 0 N–H and O–H groups in total. The number of benzene rings is 1. The summed E-state index contributed by atoms with van der Waals surface area (Å²) >= 11 is 0. The van der Waals surface area contributed by atoms with E-state index in [1.165, 1.54) is 16.5 Å². The van der Waals surface area contributed by atoms with Crippen molar-refractivity contribution in [2.45, 2.75) is 65.7 Å². The van der Waals surface area contributed by atoms with Crippen molar-refractivity contribution in [2.24, 2.45) is 0 Å². The van der Waals surface area contributed by atoms with Gasteiger partial charge in [-0.15, -0.1) is 0 Å². The Labute approximate surface area is 156 Å². The number of rotatable bonds is 2. The van der Waals surface area contributed by atoms with E-state index >= 15 is 0 Å². The van der Waals surface area contributed by atoms with E-state index in [1.54, 1.807) is 0 Å². The molecule has 0 amide bonds. The highest BCUT2D eigenvalue weighted by atomic mass is 14.9. The first-order valence-electron chi connectivity index (χ1n) is 9.27. The van der Waals surface area contributed by atoms with Crippen molar-refractivity contribution in [3.05, 3.63) is 64.9 Å². The van der Waals surface area contributed by atoms with Crippen LogP contribution in [0.2, 0.25) is 0 Å². The lowest BCUT2D eigenvalue weighted by Gasteiger charge is -2.26. The van der Waals surface area contributed by atoms with Crippen LogP contribution in [0.5, 0.6) is 0 Å². The van der Waals surface area contributed by atoms with E-state index in [1.807, 2.05) is 19.2 Å². The maximum atomic E-state index is 4.95. The van der Waals surface area contributed by atoms with Gasteiger partial charge in [-0.2, -0.15) is 0 Å². The minimum atomic E-state index is 0.0300. The van der Waals surface area contributed by atoms with Crippen LogP contribution in [0.25, 0.3) is 10.9 Å². The van der Waals surface area contributed by atoms with Gasteiger partial charge >= 0.3 is 0 Å². The summed E-state index contributed by atoms with van der Waals surface area (Å²) in [5.41, 5.74) is 5.86. The zero-order chi connectivity index (χ0) is 19.1. The summed E-state index contributed by atoms with van der Waals surface area (Å²) in [7, 11) is 0. The van der Waals surface area contributed by atoms with Gasteiger partial charge in [-0.25, -0.2) is 9.97 Å². The summed E-state index contributed by atoms with van der Waals surface area (Å²) in [5, 5.41) is 1.23. The van der Waals surface area contributed by atoms with Crippen LogP contribution >= 0.6 is 0 Å². The van der Waals surface area contributed by atoms with Crippen molar-refractivity contribution in [1.82, 2.24) is 15.0 Å². The molecule has 0 aliphatic rings. The standard InChI is InChI=1S/C23H29N3/c1-15-10-11-24-21(25-15)13-16-8-9-19-17(12-16)18(22(2,3)4)14-20(26-19)23(5,6)7/h8-12,14H,13H2,1-7H3. The molecule has 0 saturated carbocycles. The molecule has 136 valence electrons. The van der Waals surface area contributed by atoms with Crippen LogP contribution in [-0.2, 0) is 17.3 Å². The van der Waals surface area contributed by atoms with E-state index in [4.69, 9.17) is 4.98 Å². The second kappa shape index (κ2) is 6.46. The molecule has 3 heteroatoms. The third-order valence-corrected chi connectivity index (χ3v) is 4.66. The van der Waals surface area contributed by atoms with Gasteiger partial charge in [0.05, 0.1) is 5.52 Å². The van der Waals surface area contributed by atoms with Gasteiger partial charge < -0.3 is 0 Å². The average molecular weight is 348 g/mol. The molecule has 3 nitrogen and oxygen atoms in total. The van der Waals surface area contributed by atoms with Crippen LogP contribution in [0.3, 0.4) is 0 Å². The Morgan fingerprint density at radius 3 is 2.19 bits per heavy atom. The predicted molar refractivity (Wildman–Crippen MR) is 109 cm³/mol. The van der Waals surface area contributed by atoms with Crippen LogP contribution in [0.4, 0.5) is 0 Å². The van der Waals surface area contributed by atoms with E-state index in [-0.39, 0.29) is 10.8 Å². The highest BCUT2D eigenvalue weighted by Gasteiger charge is 2.23. The molecule has 0 aliphatic heterocycles. The van der Waals surface area contributed by atoms with Crippen molar-refractivity contribution in [3.8, 4) is 0 Å². The molecule has 2 heterocycles. The van der Waals surface area contributed by atoms with Crippen LogP contribution < -0.4 is 0 Å². The van der Waals surface area contributed by atoms with Gasteiger partial charge in [0.25, 0.3) is 0 Å². The zero-order valence-corrected chi connectivity index (χ0v) is 17.0. The zero-order valence-electron chi connectivity index (χ0n) is 17.0. The lowest BCUT2D eigenvalue weighted by atomic mass is 9.81. The van der Waals surface area contributed by atoms with Gasteiger partial charge in [-0.1, -0.05) is 47.6 Å². The molecule has 3 rings (SSSR count). The van der Waals surface area contributed by atoms with E-state index < -0.39 is 0 Å². The molecule has 0 unspecified atom stereocenters. The fourth-order valence-corrected chi connectivity index (χ4v) is 3.16. The molecular weight excluding hydrogens is 318 g/mol. The van der Waals surface area contributed by atoms with Crippen molar-refractivity contribution < 1.29 is 0 Å². The SMILES string of the molecule is Cc1ccnc(Cc2ccc3nc(C(C)(C)C)cc(C(C)(C)C)c3c2)n1. The molecule has 0 fully saturated rings. The molecule has 3 aromatic rings. The van der Waals surface area contributed by atoms with Crippen LogP contribution in [0.1, 0.15) is 69.9 Å². The highest BCUT2D eigenvalue weighted by Crippen LogP contribution is 2.34. The average Bonchev–Trinajstić information content (AvgIpc) is 2.52. The van der Waals surface area contributed by atoms with Crippen LogP contribution in [0.15, 0.2) is 36.5 Å². The lowest BCUT2D eigenvalue weighted by Crippen LogP contribution is -2.18. The van der Waals surface area contributed by atoms with Crippen molar-refractivity contribution >= 4 is 10.9 Å². The van der Waals surface area contributed by atoms with E-state index in [2.05, 4.69) is 75.8 Å². The number of pyridine rings is 1. The number of fused-ring (bicyclic) bond motifs is 1. The minimum absolute atomic E-state index is 0.0300. The van der Waals surface area contributed by atoms with Crippen molar-refractivity contribution in [3.63, 3.8) is 0 Å². The Balaban J connectivity index is 2.13. The van der Waals surface area contributed by atoms with Gasteiger partial charge in [-0.05, 0) is 47.7 Å². The number of aryl methyl sites for hydroxylation is 1. The number of aromatic nitrogens is 3. The van der Waals surface area contributed by atoms with Gasteiger partial charge in [0.15, 0.2) is 0 Å². The number of hydrogen-bond donors (Lipinski definition) is 0. The molecule has 0 aliphatic carbocycles. The summed E-state index contributed by atoms with van der Waals surface area (Å²) in [6, 6.07) is 10.8. The smallest absolute Gasteiger partial charge is 0.132 e. The normalized spacial score (nSPS) is 12.6. The first kappa shape index (κ1) is 18.5. The van der Waals surface area contributed by atoms with E-state index in [9.17, 15) is 0 Å². The van der Waals surface area contributed by atoms with Gasteiger partial charge in [0.2, 0.25) is 0 Å². The monoisotopic (exact) mass is 347 g/mol. The number of nitrogens with zero attached hydrogens (tertiary/aromatic N) is 3. The second-order valence-corrected chi connectivity index (χ2v) is 9.20. The molecule has 0 bridgehead atoms. The maximum Gasteiger partial charge on any atom is 0.132 e. The van der Waals surface area contributed by atoms with Crippen LogP contribution in [-0.4, -0.2) is 15.0 Å². The molecular formula is C23H29N3. The highest BCUT2D eigenvalue weighted by molar-refractivity contribution is 5.84. The lowest BCUT2D eigenvalue weighted by molar-refractivity contribution is 0.558. The third-order valence-electron chi connectivity index (χ3n) is 4.66. The third kappa shape index (κ3) is 3.92. The molecule has 26 heavy (non-hydrogen) atoms. The van der Waals surface area contributed by atoms with Gasteiger partial charge in [0, 0.05) is 34.8 Å². The number of hydrogen-bond acceptors (Lipinski definition) is 3. The summed E-state index contributed by atoms with van der Waals surface area (Å²) in [6.45, 7) is 15.5. The van der Waals surface area contributed by atoms with E-state index in [0.717, 1.165) is 29.1 Å². The second-order valence-electron chi connectivity index (χ2n) is 9.20. The molecule has 0 spiro atoms. The Morgan fingerprint density at radius 2 is 1.58 bits per heavy atom. The maximum absolute atomic E-state index is 4.95. The molecule has 0 saturated heterocycles. The summed E-state index contributed by atoms with van der Waals surface area (Å²) in [6.07, 6.45) is 2.57. The predicted octanol–water partition coefficient (Wildman–Crippen LogP) is 5.52. The van der Waals surface area contributed by atoms with E-state index in [0.29, 0.717) is 0 Å². The Morgan fingerprint density at radius 1 is 0.846 bits per heavy atom. The van der Waals surface area contributed by atoms with Crippen LogP contribution in [0, 0.1) is 6.92 Å². The fraction of sp³-hybridized carbons (Fsp3) is 0.435. The van der Waals surface area contributed by atoms with Gasteiger partial charge in [-0.3, -0.25) is 4.98 Å². The van der Waals surface area contributed by atoms with Crippen molar-refractivity contribution in [2.75, 3.05) is 0 Å². The molecule has 2 aromatic heterocycles. The molecule has 0 atom stereocenters. The summed E-state index contributed by atoms with van der Waals surface area (Å²) in [5.74, 6) is 0.862. The largest absolute Gasteiger partial charge is 0.252 e. The van der Waals surface area contributed by atoms with Gasteiger partial charge in [0.1, 0.15) is 5.82 Å². The Kier molecular flexibility index (Phi) is 4.60. The summed E-state index contributed by atoms with van der Waals surface area (Å²) in [4.78, 5) is 13.9. The summed E-state index contributed by atoms with van der Waals surface area (Å²) < 4.78 is 0. The minimum Gasteiger partial charge on any atom is -0.252 e. The first-order chi connectivity index (χ1) is 12.0. The molecule has 1 aromatic carbocycles.